The first kappa shape index (κ1) is 15.6. The molecule has 0 spiro atoms. The van der Waals surface area contributed by atoms with E-state index in [0.29, 0.717) is 11.4 Å². The molecule has 1 N–H and O–H groups in total. The molecule has 1 aromatic heterocycles. The molecular formula is C16H17N3O3. The van der Waals surface area contributed by atoms with E-state index in [4.69, 9.17) is 4.74 Å². The van der Waals surface area contributed by atoms with Gasteiger partial charge in [0.25, 0.3) is 5.91 Å². The number of hydrogen-bond acceptors (Lipinski definition) is 5. The second kappa shape index (κ2) is 6.80. The predicted molar refractivity (Wildman–Crippen MR) is 81.5 cm³/mol. The highest BCUT2D eigenvalue weighted by molar-refractivity contribution is 5.96. The second-order valence-corrected chi connectivity index (χ2v) is 4.95. The van der Waals surface area contributed by atoms with Gasteiger partial charge in [-0.3, -0.25) is 9.78 Å². The fourth-order valence-electron chi connectivity index (χ4n) is 1.65. The molecule has 2 aromatic rings. The van der Waals surface area contributed by atoms with Crippen molar-refractivity contribution in [3.63, 3.8) is 0 Å². The third-order valence-electron chi connectivity index (χ3n) is 2.96. The highest BCUT2D eigenvalue weighted by Gasteiger charge is 2.20. The molecule has 1 aromatic carbocycles. The van der Waals surface area contributed by atoms with Gasteiger partial charge < -0.3 is 10.1 Å². The first-order chi connectivity index (χ1) is 10.5. The van der Waals surface area contributed by atoms with E-state index in [2.05, 4.69) is 15.3 Å². The normalized spacial score (nSPS) is 11.6. The van der Waals surface area contributed by atoms with E-state index in [1.807, 2.05) is 19.1 Å². The largest absolute Gasteiger partial charge is 0.448 e. The van der Waals surface area contributed by atoms with Crippen LogP contribution < -0.4 is 5.32 Å². The molecule has 0 saturated heterocycles. The summed E-state index contributed by atoms with van der Waals surface area (Å²) in [5.41, 5.74) is 2.51. The van der Waals surface area contributed by atoms with E-state index in [9.17, 15) is 9.59 Å². The van der Waals surface area contributed by atoms with Crippen LogP contribution in [0.2, 0.25) is 0 Å². The topological polar surface area (TPSA) is 81.2 Å². The van der Waals surface area contributed by atoms with Gasteiger partial charge in [-0.25, -0.2) is 9.78 Å². The van der Waals surface area contributed by atoms with Crippen LogP contribution in [0.5, 0.6) is 0 Å². The zero-order valence-corrected chi connectivity index (χ0v) is 12.7. The van der Waals surface area contributed by atoms with E-state index in [-0.39, 0.29) is 5.69 Å². The van der Waals surface area contributed by atoms with Gasteiger partial charge in [-0.2, -0.15) is 0 Å². The number of rotatable bonds is 4. The molecule has 2 rings (SSSR count). The molecule has 22 heavy (non-hydrogen) atoms. The lowest BCUT2D eigenvalue weighted by Crippen LogP contribution is -2.30. The lowest BCUT2D eigenvalue weighted by Gasteiger charge is -2.13. The Morgan fingerprint density at radius 1 is 1.09 bits per heavy atom. The van der Waals surface area contributed by atoms with Crippen molar-refractivity contribution < 1.29 is 14.3 Å². The van der Waals surface area contributed by atoms with Crippen molar-refractivity contribution in [1.29, 1.82) is 0 Å². The number of aryl methyl sites for hydroxylation is 2. The number of benzene rings is 1. The fraction of sp³-hybridized carbons (Fsp3) is 0.250. The minimum atomic E-state index is -0.933. The van der Waals surface area contributed by atoms with Gasteiger partial charge in [0.15, 0.2) is 11.8 Å². The van der Waals surface area contributed by atoms with Gasteiger partial charge in [-0.1, -0.05) is 17.7 Å². The summed E-state index contributed by atoms with van der Waals surface area (Å²) in [6.07, 6.45) is 1.85. The maximum atomic E-state index is 12.0. The molecule has 1 heterocycles. The van der Waals surface area contributed by atoms with E-state index < -0.39 is 18.0 Å². The standard InChI is InChI=1S/C16H17N3O3/c1-10-4-6-13(7-5-10)19-15(20)12(3)22-16(21)14-9-17-11(2)8-18-14/h4-9,12H,1-3H3,(H,19,20). The van der Waals surface area contributed by atoms with E-state index in [0.717, 1.165) is 5.56 Å². The average Bonchev–Trinajstić information content (AvgIpc) is 2.50. The molecule has 0 bridgehead atoms. The number of nitrogens with one attached hydrogen (secondary N) is 1. The van der Waals surface area contributed by atoms with Gasteiger partial charge in [-0.05, 0) is 32.9 Å². The number of esters is 1. The molecule has 1 amide bonds. The average molecular weight is 299 g/mol. The molecule has 0 aliphatic rings. The minimum Gasteiger partial charge on any atom is -0.448 e. The molecule has 0 fully saturated rings. The second-order valence-electron chi connectivity index (χ2n) is 4.95. The fourth-order valence-corrected chi connectivity index (χ4v) is 1.65. The lowest BCUT2D eigenvalue weighted by atomic mass is 10.2. The van der Waals surface area contributed by atoms with Crippen molar-refractivity contribution in [1.82, 2.24) is 9.97 Å². The number of carbonyl (C=O) groups is 2. The zero-order chi connectivity index (χ0) is 16.1. The third-order valence-corrected chi connectivity index (χ3v) is 2.96. The summed E-state index contributed by atoms with van der Waals surface area (Å²) in [6.45, 7) is 5.22. The van der Waals surface area contributed by atoms with Crippen molar-refractivity contribution >= 4 is 17.6 Å². The molecule has 1 unspecified atom stereocenters. The van der Waals surface area contributed by atoms with Gasteiger partial charge in [0.05, 0.1) is 11.9 Å². The van der Waals surface area contributed by atoms with E-state index in [1.54, 1.807) is 19.1 Å². The first-order valence-corrected chi connectivity index (χ1v) is 6.83. The number of carbonyl (C=O) groups excluding carboxylic acids is 2. The van der Waals surface area contributed by atoms with Gasteiger partial charge in [-0.15, -0.1) is 0 Å². The van der Waals surface area contributed by atoms with Crippen molar-refractivity contribution in [3.05, 3.63) is 53.6 Å². The van der Waals surface area contributed by atoms with Gasteiger partial charge in [0.1, 0.15) is 0 Å². The monoisotopic (exact) mass is 299 g/mol. The van der Waals surface area contributed by atoms with Gasteiger partial charge >= 0.3 is 5.97 Å². The van der Waals surface area contributed by atoms with E-state index in [1.165, 1.54) is 19.3 Å². The molecule has 0 saturated carbocycles. The molecule has 6 heteroatoms. The highest BCUT2D eigenvalue weighted by Crippen LogP contribution is 2.10. The van der Waals surface area contributed by atoms with Crippen LogP contribution in [-0.2, 0) is 9.53 Å². The Labute approximate surface area is 128 Å². The third kappa shape index (κ3) is 4.12. The zero-order valence-electron chi connectivity index (χ0n) is 12.7. The molecule has 1 atom stereocenters. The molecule has 0 aliphatic carbocycles. The Hall–Kier alpha value is -2.76. The molecule has 0 aliphatic heterocycles. The Morgan fingerprint density at radius 2 is 1.77 bits per heavy atom. The summed E-state index contributed by atoms with van der Waals surface area (Å²) < 4.78 is 5.08. The van der Waals surface area contributed by atoms with Gasteiger partial charge in [0, 0.05) is 11.9 Å². The van der Waals surface area contributed by atoms with E-state index >= 15 is 0 Å². The summed E-state index contributed by atoms with van der Waals surface area (Å²) in [5.74, 6) is -1.09. The smallest absolute Gasteiger partial charge is 0.359 e. The van der Waals surface area contributed by atoms with Crippen LogP contribution >= 0.6 is 0 Å². The Balaban J connectivity index is 1.94. The lowest BCUT2D eigenvalue weighted by molar-refractivity contribution is -0.123. The Kier molecular flexibility index (Phi) is 4.83. The Morgan fingerprint density at radius 3 is 2.36 bits per heavy atom. The van der Waals surface area contributed by atoms with Crippen molar-refractivity contribution in [3.8, 4) is 0 Å². The van der Waals surface area contributed by atoms with Crippen LogP contribution in [0.4, 0.5) is 5.69 Å². The molecule has 0 radical (unpaired) electrons. The quantitative estimate of drug-likeness (QED) is 0.876. The summed E-state index contributed by atoms with van der Waals surface area (Å²) in [7, 11) is 0. The number of ether oxygens (including phenoxy) is 1. The summed E-state index contributed by atoms with van der Waals surface area (Å²) in [5, 5.41) is 2.68. The SMILES string of the molecule is Cc1ccc(NC(=O)C(C)OC(=O)c2cnc(C)cn2)cc1. The van der Waals surface area contributed by atoms with Crippen LogP contribution in [-0.4, -0.2) is 27.9 Å². The molecule has 114 valence electrons. The summed E-state index contributed by atoms with van der Waals surface area (Å²) in [4.78, 5) is 31.7. The van der Waals surface area contributed by atoms with Crippen LogP contribution in [0.1, 0.15) is 28.7 Å². The van der Waals surface area contributed by atoms with Crippen LogP contribution in [0, 0.1) is 13.8 Å². The maximum absolute atomic E-state index is 12.0. The van der Waals surface area contributed by atoms with Crippen molar-refractivity contribution in [2.75, 3.05) is 5.32 Å². The maximum Gasteiger partial charge on any atom is 0.359 e. The predicted octanol–water partition coefficient (Wildman–Crippen LogP) is 2.28. The van der Waals surface area contributed by atoms with Crippen LogP contribution in [0.25, 0.3) is 0 Å². The summed E-state index contributed by atoms with van der Waals surface area (Å²) >= 11 is 0. The summed E-state index contributed by atoms with van der Waals surface area (Å²) in [6, 6.07) is 7.34. The number of anilines is 1. The minimum absolute atomic E-state index is 0.0700. The number of aromatic nitrogens is 2. The van der Waals surface area contributed by atoms with Crippen LogP contribution in [0.3, 0.4) is 0 Å². The number of hydrogen-bond donors (Lipinski definition) is 1. The molecule has 6 nitrogen and oxygen atoms in total. The highest BCUT2D eigenvalue weighted by atomic mass is 16.5. The first-order valence-electron chi connectivity index (χ1n) is 6.83. The molecular weight excluding hydrogens is 282 g/mol. The van der Waals surface area contributed by atoms with Crippen molar-refractivity contribution in [2.24, 2.45) is 0 Å². The number of amides is 1. The van der Waals surface area contributed by atoms with Crippen molar-refractivity contribution in [2.45, 2.75) is 26.9 Å². The number of nitrogens with zero attached hydrogens (tertiary/aromatic N) is 2. The Bertz CT molecular complexity index is 666. The van der Waals surface area contributed by atoms with Crippen LogP contribution in [0.15, 0.2) is 36.7 Å². The van der Waals surface area contributed by atoms with Gasteiger partial charge in [0.2, 0.25) is 0 Å².